The lowest BCUT2D eigenvalue weighted by Crippen LogP contribution is -2.35. The highest BCUT2D eigenvalue weighted by Crippen LogP contribution is 2.23. The number of anilines is 2. The van der Waals surface area contributed by atoms with E-state index in [1.165, 1.54) is 18.1 Å². The van der Waals surface area contributed by atoms with Crippen LogP contribution in [0.2, 0.25) is 0 Å². The normalized spacial score (nSPS) is 9.89. The van der Waals surface area contributed by atoms with Gasteiger partial charge < -0.3 is 20.3 Å². The second-order valence-corrected chi connectivity index (χ2v) is 4.41. The molecule has 0 radical (unpaired) electrons. The summed E-state index contributed by atoms with van der Waals surface area (Å²) in [6.45, 7) is 0.168. The second-order valence-electron chi connectivity index (χ2n) is 4.41. The third-order valence-electron chi connectivity index (χ3n) is 2.71. The highest BCUT2D eigenvalue weighted by atomic mass is 16.5. The number of rotatable bonds is 4. The van der Waals surface area contributed by atoms with Crippen molar-refractivity contribution < 1.29 is 14.3 Å². The number of carbonyl (C=O) groups is 2. The van der Waals surface area contributed by atoms with Gasteiger partial charge in [0.15, 0.2) is 0 Å². The molecule has 6 nitrogen and oxygen atoms in total. The van der Waals surface area contributed by atoms with Gasteiger partial charge in [0, 0.05) is 26.8 Å². The third kappa shape index (κ3) is 3.61. The molecule has 0 spiro atoms. The lowest BCUT2D eigenvalue weighted by molar-refractivity contribution is -0.127. The van der Waals surface area contributed by atoms with E-state index in [0.717, 1.165) is 0 Å². The molecule has 6 heteroatoms. The molecule has 0 atom stereocenters. The zero-order valence-corrected chi connectivity index (χ0v) is 11.6. The van der Waals surface area contributed by atoms with Crippen molar-refractivity contribution in [3.8, 4) is 0 Å². The molecule has 0 saturated heterocycles. The van der Waals surface area contributed by atoms with Crippen LogP contribution in [0.3, 0.4) is 0 Å². The van der Waals surface area contributed by atoms with E-state index in [9.17, 15) is 9.59 Å². The Morgan fingerprint density at radius 2 is 1.89 bits per heavy atom. The fourth-order valence-corrected chi connectivity index (χ4v) is 1.59. The second kappa shape index (κ2) is 6.08. The van der Waals surface area contributed by atoms with E-state index in [0.29, 0.717) is 16.9 Å². The lowest BCUT2D eigenvalue weighted by Gasteiger charge is -2.23. The molecule has 1 aromatic rings. The van der Waals surface area contributed by atoms with Crippen LogP contribution >= 0.6 is 0 Å². The number of carbonyl (C=O) groups excluding carboxylic acids is 2. The van der Waals surface area contributed by atoms with Gasteiger partial charge in [0.2, 0.25) is 5.91 Å². The predicted molar refractivity (Wildman–Crippen MR) is 74.2 cm³/mol. The summed E-state index contributed by atoms with van der Waals surface area (Å²) in [6, 6.07) is 4.92. The highest BCUT2D eigenvalue weighted by Gasteiger charge is 2.17. The Morgan fingerprint density at radius 1 is 1.26 bits per heavy atom. The van der Waals surface area contributed by atoms with Crippen LogP contribution in [0.15, 0.2) is 18.2 Å². The summed E-state index contributed by atoms with van der Waals surface area (Å²) in [6.07, 6.45) is 0. The van der Waals surface area contributed by atoms with E-state index in [-0.39, 0.29) is 12.5 Å². The number of hydrogen-bond acceptors (Lipinski definition) is 5. The predicted octanol–water partition coefficient (Wildman–Crippen LogP) is 0.580. The fourth-order valence-electron chi connectivity index (χ4n) is 1.59. The summed E-state index contributed by atoms with van der Waals surface area (Å²) in [4.78, 5) is 26.6. The maximum atomic E-state index is 11.7. The van der Waals surface area contributed by atoms with Crippen molar-refractivity contribution in [2.75, 3.05) is 45.4 Å². The summed E-state index contributed by atoms with van der Waals surface area (Å²) in [5, 5.41) is 0. The van der Waals surface area contributed by atoms with Crippen LogP contribution in [0, 0.1) is 0 Å². The molecule has 1 rings (SSSR count). The van der Waals surface area contributed by atoms with Crippen molar-refractivity contribution in [3.05, 3.63) is 23.8 Å². The number of benzene rings is 1. The van der Waals surface area contributed by atoms with Crippen molar-refractivity contribution in [1.29, 1.82) is 0 Å². The SMILES string of the molecule is COC(=O)c1cc(N)ccc1N(C)CC(=O)N(C)C. The molecule has 0 heterocycles. The monoisotopic (exact) mass is 265 g/mol. The number of ether oxygens (including phenoxy) is 1. The molecule has 1 amide bonds. The molecular weight excluding hydrogens is 246 g/mol. The molecule has 19 heavy (non-hydrogen) atoms. The van der Waals surface area contributed by atoms with E-state index in [2.05, 4.69) is 0 Å². The average molecular weight is 265 g/mol. The smallest absolute Gasteiger partial charge is 0.340 e. The quantitative estimate of drug-likeness (QED) is 0.636. The minimum absolute atomic E-state index is 0.0601. The maximum absolute atomic E-state index is 11.7. The van der Waals surface area contributed by atoms with Crippen molar-refractivity contribution in [1.82, 2.24) is 4.90 Å². The van der Waals surface area contributed by atoms with Gasteiger partial charge in [-0.1, -0.05) is 0 Å². The molecule has 1 aromatic carbocycles. The Morgan fingerprint density at radius 3 is 2.42 bits per heavy atom. The van der Waals surface area contributed by atoms with Gasteiger partial charge in [0.05, 0.1) is 24.9 Å². The Kier molecular flexibility index (Phi) is 4.74. The van der Waals surface area contributed by atoms with Crippen molar-refractivity contribution in [3.63, 3.8) is 0 Å². The first kappa shape index (κ1) is 14.8. The number of nitrogens with two attached hydrogens (primary N) is 1. The van der Waals surface area contributed by atoms with Gasteiger partial charge in [-0.05, 0) is 18.2 Å². The van der Waals surface area contributed by atoms with Crippen LogP contribution in [0.25, 0.3) is 0 Å². The van der Waals surface area contributed by atoms with Crippen LogP contribution < -0.4 is 10.6 Å². The van der Waals surface area contributed by atoms with Crippen LogP contribution in [0.5, 0.6) is 0 Å². The zero-order chi connectivity index (χ0) is 14.6. The Hall–Kier alpha value is -2.24. The Bertz CT molecular complexity index is 486. The van der Waals surface area contributed by atoms with Gasteiger partial charge in [-0.25, -0.2) is 4.79 Å². The fraction of sp³-hybridized carbons (Fsp3) is 0.385. The number of hydrogen-bond donors (Lipinski definition) is 1. The molecular formula is C13H19N3O3. The molecule has 0 fully saturated rings. The first-order chi connectivity index (χ1) is 8.86. The van der Waals surface area contributed by atoms with E-state index in [4.69, 9.17) is 10.5 Å². The topological polar surface area (TPSA) is 75.9 Å². The molecule has 0 bridgehead atoms. The van der Waals surface area contributed by atoms with E-state index >= 15 is 0 Å². The van der Waals surface area contributed by atoms with E-state index < -0.39 is 5.97 Å². The van der Waals surface area contributed by atoms with Crippen LogP contribution in [-0.4, -0.2) is 51.6 Å². The zero-order valence-electron chi connectivity index (χ0n) is 11.6. The maximum Gasteiger partial charge on any atom is 0.340 e. The molecule has 104 valence electrons. The summed E-state index contributed by atoms with van der Waals surface area (Å²) in [7, 11) is 6.40. The molecule has 0 aromatic heterocycles. The van der Waals surface area contributed by atoms with Crippen molar-refractivity contribution in [2.45, 2.75) is 0 Å². The van der Waals surface area contributed by atoms with E-state index in [1.54, 1.807) is 38.2 Å². The van der Waals surface area contributed by atoms with Gasteiger partial charge in [-0.3, -0.25) is 4.79 Å². The summed E-state index contributed by atoms with van der Waals surface area (Å²) < 4.78 is 4.72. The van der Waals surface area contributed by atoms with Gasteiger partial charge in [0.25, 0.3) is 0 Å². The van der Waals surface area contributed by atoms with Crippen LogP contribution in [-0.2, 0) is 9.53 Å². The first-order valence-corrected chi connectivity index (χ1v) is 5.76. The van der Waals surface area contributed by atoms with Crippen LogP contribution in [0.1, 0.15) is 10.4 Å². The van der Waals surface area contributed by atoms with E-state index in [1.807, 2.05) is 0 Å². The molecule has 0 aliphatic heterocycles. The molecule has 2 N–H and O–H groups in total. The number of likely N-dealkylation sites (N-methyl/N-ethyl adjacent to an activating group) is 2. The third-order valence-corrected chi connectivity index (χ3v) is 2.71. The number of amides is 1. The number of methoxy groups -OCH3 is 1. The number of nitrogen functional groups attached to an aromatic ring is 1. The number of esters is 1. The summed E-state index contributed by atoms with van der Waals surface area (Å²) in [5.41, 5.74) is 7.09. The van der Waals surface area contributed by atoms with Crippen molar-refractivity contribution in [2.24, 2.45) is 0 Å². The largest absolute Gasteiger partial charge is 0.465 e. The Balaban J connectivity index is 3.05. The average Bonchev–Trinajstić information content (AvgIpc) is 2.37. The highest BCUT2D eigenvalue weighted by molar-refractivity contribution is 5.97. The minimum Gasteiger partial charge on any atom is -0.465 e. The number of nitrogens with zero attached hydrogens (tertiary/aromatic N) is 2. The minimum atomic E-state index is -0.480. The summed E-state index contributed by atoms with van der Waals surface area (Å²) >= 11 is 0. The van der Waals surface area contributed by atoms with Gasteiger partial charge in [-0.15, -0.1) is 0 Å². The first-order valence-electron chi connectivity index (χ1n) is 5.76. The molecule has 0 aliphatic carbocycles. The molecule has 0 saturated carbocycles. The molecule has 0 unspecified atom stereocenters. The molecule has 0 aliphatic rings. The standard InChI is InChI=1S/C13H19N3O3/c1-15(2)12(17)8-16(3)11-6-5-9(14)7-10(11)13(18)19-4/h5-7H,8,14H2,1-4H3. The van der Waals surface area contributed by atoms with Gasteiger partial charge in [0.1, 0.15) is 0 Å². The Labute approximate surface area is 112 Å². The summed E-state index contributed by atoms with van der Waals surface area (Å²) in [5.74, 6) is -0.540. The lowest BCUT2D eigenvalue weighted by atomic mass is 10.1. The van der Waals surface area contributed by atoms with Gasteiger partial charge >= 0.3 is 5.97 Å². The van der Waals surface area contributed by atoms with Crippen LogP contribution in [0.4, 0.5) is 11.4 Å². The van der Waals surface area contributed by atoms with Gasteiger partial charge in [-0.2, -0.15) is 0 Å². The van der Waals surface area contributed by atoms with Crippen molar-refractivity contribution >= 4 is 23.3 Å².